The van der Waals surface area contributed by atoms with Gasteiger partial charge in [0.15, 0.2) is 11.0 Å². The first-order valence-corrected chi connectivity index (χ1v) is 11.4. The van der Waals surface area contributed by atoms with Gasteiger partial charge in [0.2, 0.25) is 5.91 Å². The van der Waals surface area contributed by atoms with E-state index in [1.807, 2.05) is 24.3 Å². The molecule has 1 aromatic carbocycles. The van der Waals surface area contributed by atoms with Crippen LogP contribution in [0.4, 0.5) is 0 Å². The molecule has 3 rings (SSSR count). The standard InChI is InChI=1S/C22H32N4O2S/c1-15(2)13-25-21(18-9-11-19(28-5)12-10-18)23-24-22(25)29-14-20(27)26-16(3)7-6-8-17(26)4/h9-12,15-17H,6-8,13-14H2,1-5H3/t16-,17-/m0/s1. The zero-order valence-electron chi connectivity index (χ0n) is 18.1. The van der Waals surface area contributed by atoms with E-state index in [-0.39, 0.29) is 5.91 Å². The summed E-state index contributed by atoms with van der Waals surface area (Å²) in [5.41, 5.74) is 0.996. The van der Waals surface area contributed by atoms with E-state index in [1.165, 1.54) is 18.2 Å². The Bertz CT molecular complexity index is 809. The van der Waals surface area contributed by atoms with Crippen LogP contribution in [-0.2, 0) is 11.3 Å². The molecule has 1 fully saturated rings. The number of carbonyl (C=O) groups excluding carboxylic acids is 1. The van der Waals surface area contributed by atoms with Crippen LogP contribution < -0.4 is 4.74 Å². The number of carbonyl (C=O) groups is 1. The molecular weight excluding hydrogens is 384 g/mol. The van der Waals surface area contributed by atoms with Crippen LogP contribution >= 0.6 is 11.8 Å². The van der Waals surface area contributed by atoms with Crippen molar-refractivity contribution in [3.05, 3.63) is 24.3 Å². The third kappa shape index (κ3) is 5.13. The van der Waals surface area contributed by atoms with Crippen molar-refractivity contribution < 1.29 is 9.53 Å². The van der Waals surface area contributed by atoms with Crippen LogP contribution in [0.3, 0.4) is 0 Å². The van der Waals surface area contributed by atoms with Crippen molar-refractivity contribution in [2.45, 2.75) is 70.7 Å². The van der Waals surface area contributed by atoms with Gasteiger partial charge in [-0.3, -0.25) is 4.79 Å². The lowest BCUT2D eigenvalue weighted by molar-refractivity contribution is -0.134. The largest absolute Gasteiger partial charge is 0.497 e. The lowest BCUT2D eigenvalue weighted by Crippen LogP contribution is -2.48. The van der Waals surface area contributed by atoms with Gasteiger partial charge in [-0.2, -0.15) is 0 Å². The average Bonchev–Trinajstić information content (AvgIpc) is 3.08. The summed E-state index contributed by atoms with van der Waals surface area (Å²) in [5.74, 6) is 2.68. The molecule has 0 radical (unpaired) electrons. The number of methoxy groups -OCH3 is 1. The summed E-state index contributed by atoms with van der Waals surface area (Å²) in [7, 11) is 1.66. The summed E-state index contributed by atoms with van der Waals surface area (Å²) in [5, 5.41) is 9.66. The topological polar surface area (TPSA) is 60.3 Å². The third-order valence-corrected chi connectivity index (χ3v) is 6.37. The van der Waals surface area contributed by atoms with Crippen LogP contribution in [0.25, 0.3) is 11.4 Å². The number of hydrogen-bond donors (Lipinski definition) is 0. The highest BCUT2D eigenvalue weighted by Crippen LogP contribution is 2.28. The van der Waals surface area contributed by atoms with E-state index in [0.717, 1.165) is 41.7 Å². The molecule has 29 heavy (non-hydrogen) atoms. The Morgan fingerprint density at radius 2 is 1.83 bits per heavy atom. The number of piperidine rings is 1. The van der Waals surface area contributed by atoms with Crippen molar-refractivity contribution in [3.63, 3.8) is 0 Å². The van der Waals surface area contributed by atoms with Crippen LogP contribution in [0, 0.1) is 5.92 Å². The Balaban J connectivity index is 1.78. The zero-order valence-corrected chi connectivity index (χ0v) is 18.9. The predicted octanol–water partition coefficient (Wildman–Crippen LogP) is 4.49. The maximum absolute atomic E-state index is 12.9. The van der Waals surface area contributed by atoms with Crippen molar-refractivity contribution in [1.82, 2.24) is 19.7 Å². The minimum atomic E-state index is 0.194. The second-order valence-corrected chi connectivity index (χ2v) is 9.20. The summed E-state index contributed by atoms with van der Waals surface area (Å²) in [6.07, 6.45) is 3.38. The second-order valence-electron chi connectivity index (χ2n) is 8.26. The van der Waals surface area contributed by atoms with Crippen molar-refractivity contribution in [2.24, 2.45) is 5.92 Å². The van der Waals surface area contributed by atoms with Gasteiger partial charge in [0.25, 0.3) is 0 Å². The number of rotatable bonds is 7. The molecule has 1 aromatic heterocycles. The molecule has 1 aliphatic heterocycles. The summed E-state index contributed by atoms with van der Waals surface area (Å²) >= 11 is 1.49. The van der Waals surface area contributed by atoms with E-state index < -0.39 is 0 Å². The molecule has 0 N–H and O–H groups in total. The molecule has 0 saturated carbocycles. The van der Waals surface area contributed by atoms with Crippen LogP contribution in [-0.4, -0.2) is 50.5 Å². The summed E-state index contributed by atoms with van der Waals surface area (Å²) in [6, 6.07) is 8.48. The Morgan fingerprint density at radius 3 is 2.41 bits per heavy atom. The Morgan fingerprint density at radius 1 is 1.17 bits per heavy atom. The van der Waals surface area contributed by atoms with Gasteiger partial charge in [0.05, 0.1) is 12.9 Å². The van der Waals surface area contributed by atoms with E-state index in [2.05, 4.69) is 47.4 Å². The highest BCUT2D eigenvalue weighted by atomic mass is 32.2. The van der Waals surface area contributed by atoms with Gasteiger partial charge in [0.1, 0.15) is 5.75 Å². The van der Waals surface area contributed by atoms with Gasteiger partial charge in [-0.15, -0.1) is 10.2 Å². The number of hydrogen-bond acceptors (Lipinski definition) is 5. The Hall–Kier alpha value is -2.02. The van der Waals surface area contributed by atoms with Crippen LogP contribution in [0.2, 0.25) is 0 Å². The molecule has 2 heterocycles. The number of benzene rings is 1. The smallest absolute Gasteiger partial charge is 0.233 e. The molecule has 2 atom stereocenters. The summed E-state index contributed by atoms with van der Waals surface area (Å²) < 4.78 is 7.39. The van der Waals surface area contributed by atoms with Crippen molar-refractivity contribution >= 4 is 17.7 Å². The quantitative estimate of drug-likeness (QED) is 0.622. The molecule has 0 unspecified atom stereocenters. The number of aromatic nitrogens is 3. The van der Waals surface area contributed by atoms with E-state index in [1.54, 1.807) is 7.11 Å². The van der Waals surface area contributed by atoms with Crippen molar-refractivity contribution in [3.8, 4) is 17.1 Å². The fourth-order valence-electron chi connectivity index (χ4n) is 3.99. The summed E-state index contributed by atoms with van der Waals surface area (Å²) in [4.78, 5) is 15.0. The fraction of sp³-hybridized carbons (Fsp3) is 0.591. The maximum atomic E-state index is 12.9. The SMILES string of the molecule is COc1ccc(-c2nnc(SCC(=O)N3[C@@H](C)CCC[C@@H]3C)n2CC(C)C)cc1. The minimum absolute atomic E-state index is 0.194. The Labute approximate surface area is 178 Å². The molecule has 1 aliphatic rings. The molecule has 1 saturated heterocycles. The summed E-state index contributed by atoms with van der Waals surface area (Å²) in [6.45, 7) is 9.47. The average molecular weight is 417 g/mol. The molecule has 7 heteroatoms. The van der Waals surface area contributed by atoms with Crippen LogP contribution in [0.15, 0.2) is 29.4 Å². The number of thioether (sulfide) groups is 1. The Kier molecular flexibility index (Phi) is 7.22. The predicted molar refractivity (Wildman–Crippen MR) is 117 cm³/mol. The molecule has 1 amide bonds. The van der Waals surface area contributed by atoms with E-state index in [9.17, 15) is 4.79 Å². The number of ether oxygens (including phenoxy) is 1. The fourth-order valence-corrected chi connectivity index (χ4v) is 4.81. The van der Waals surface area contributed by atoms with Gasteiger partial charge in [-0.25, -0.2) is 0 Å². The van der Waals surface area contributed by atoms with E-state index in [4.69, 9.17) is 4.74 Å². The van der Waals surface area contributed by atoms with Crippen LogP contribution in [0.5, 0.6) is 5.75 Å². The number of nitrogens with zero attached hydrogens (tertiary/aromatic N) is 4. The first kappa shape index (κ1) is 21.7. The molecule has 2 aromatic rings. The molecular formula is C22H32N4O2S. The molecule has 158 valence electrons. The monoisotopic (exact) mass is 416 g/mol. The second kappa shape index (κ2) is 9.65. The van der Waals surface area contributed by atoms with Crippen molar-refractivity contribution in [2.75, 3.05) is 12.9 Å². The first-order chi connectivity index (χ1) is 13.9. The van der Waals surface area contributed by atoms with Crippen LogP contribution in [0.1, 0.15) is 47.0 Å². The lowest BCUT2D eigenvalue weighted by Gasteiger charge is -2.39. The van der Waals surface area contributed by atoms with Gasteiger partial charge in [0, 0.05) is 24.2 Å². The minimum Gasteiger partial charge on any atom is -0.497 e. The maximum Gasteiger partial charge on any atom is 0.233 e. The normalized spacial score (nSPS) is 19.6. The molecule has 0 spiro atoms. The number of likely N-dealkylation sites (tertiary alicyclic amines) is 1. The molecule has 0 bridgehead atoms. The third-order valence-electron chi connectivity index (χ3n) is 5.42. The van der Waals surface area contributed by atoms with Gasteiger partial charge >= 0.3 is 0 Å². The first-order valence-electron chi connectivity index (χ1n) is 10.4. The van der Waals surface area contributed by atoms with Gasteiger partial charge in [-0.05, 0) is 63.3 Å². The van der Waals surface area contributed by atoms with Crippen molar-refractivity contribution in [1.29, 1.82) is 0 Å². The highest BCUT2D eigenvalue weighted by molar-refractivity contribution is 7.99. The van der Waals surface area contributed by atoms with E-state index in [0.29, 0.717) is 23.8 Å². The van der Waals surface area contributed by atoms with E-state index >= 15 is 0 Å². The molecule has 0 aliphatic carbocycles. The molecule has 6 nitrogen and oxygen atoms in total. The van der Waals surface area contributed by atoms with Gasteiger partial charge < -0.3 is 14.2 Å². The zero-order chi connectivity index (χ0) is 21.0. The highest BCUT2D eigenvalue weighted by Gasteiger charge is 2.29. The lowest BCUT2D eigenvalue weighted by atomic mass is 9.98. The number of amides is 1. The van der Waals surface area contributed by atoms with Gasteiger partial charge in [-0.1, -0.05) is 25.6 Å².